The highest BCUT2D eigenvalue weighted by Gasteiger charge is 2.36. The summed E-state index contributed by atoms with van der Waals surface area (Å²) in [6, 6.07) is 8.95. The number of nitriles is 1. The maximum absolute atomic E-state index is 13.5. The first-order chi connectivity index (χ1) is 18.7. The van der Waals surface area contributed by atoms with Crippen molar-refractivity contribution in [1.82, 2.24) is 14.8 Å². The van der Waals surface area contributed by atoms with Gasteiger partial charge in [-0.05, 0) is 62.7 Å². The summed E-state index contributed by atoms with van der Waals surface area (Å²) in [7, 11) is -1.86. The molecule has 1 atom stereocenters. The highest BCUT2D eigenvalue weighted by atomic mass is 35.5. The average molecular weight is 578 g/mol. The van der Waals surface area contributed by atoms with Crippen molar-refractivity contribution >= 4 is 36.6 Å². The second kappa shape index (κ2) is 11.2. The average Bonchev–Trinajstić information content (AvgIpc) is 3.34. The van der Waals surface area contributed by atoms with Crippen molar-refractivity contribution in [3.8, 4) is 17.4 Å². The first-order valence-corrected chi connectivity index (χ1v) is 16.6. The Balaban J connectivity index is 1.68. The molecule has 40 heavy (non-hydrogen) atoms. The Hall–Kier alpha value is -3.45. The summed E-state index contributed by atoms with van der Waals surface area (Å²) >= 11 is 5.97. The molecule has 4 rings (SSSR count). The van der Waals surface area contributed by atoms with Crippen LogP contribution in [0.1, 0.15) is 56.1 Å². The van der Waals surface area contributed by atoms with Crippen LogP contribution in [0.3, 0.4) is 0 Å². The number of halogens is 1. The number of benzene rings is 1. The van der Waals surface area contributed by atoms with Gasteiger partial charge in [0, 0.05) is 17.3 Å². The number of fused-ring (bicyclic) bond motifs is 1. The number of nitrogens with one attached hydrogen (secondary N) is 1. The molecule has 0 bridgehead atoms. The molecule has 10 heteroatoms. The van der Waals surface area contributed by atoms with Gasteiger partial charge in [0.15, 0.2) is 19.4 Å². The summed E-state index contributed by atoms with van der Waals surface area (Å²) < 4.78 is 14.6. The minimum atomic E-state index is -1.86. The zero-order valence-corrected chi connectivity index (χ0v) is 26.1. The van der Waals surface area contributed by atoms with Crippen LogP contribution in [0.15, 0.2) is 45.9 Å². The molecule has 0 aliphatic rings. The molecule has 3 heterocycles. The van der Waals surface area contributed by atoms with Crippen molar-refractivity contribution in [2.24, 2.45) is 0 Å². The van der Waals surface area contributed by atoms with Gasteiger partial charge in [0.25, 0.3) is 0 Å². The summed E-state index contributed by atoms with van der Waals surface area (Å²) in [6.45, 7) is 18.0. The van der Waals surface area contributed by atoms with Crippen LogP contribution in [0.2, 0.25) is 23.3 Å². The number of aromatic nitrogens is 3. The van der Waals surface area contributed by atoms with Crippen LogP contribution < -0.4 is 10.7 Å². The lowest BCUT2D eigenvalue weighted by molar-refractivity contribution is 0.266. The third-order valence-corrected chi connectivity index (χ3v) is 12.4. The van der Waals surface area contributed by atoms with Gasteiger partial charge in [-0.2, -0.15) is 10.4 Å². The monoisotopic (exact) mass is 577 g/mol. The van der Waals surface area contributed by atoms with Gasteiger partial charge in [-0.25, -0.2) is 4.98 Å². The van der Waals surface area contributed by atoms with Crippen molar-refractivity contribution in [2.75, 3.05) is 11.9 Å². The van der Waals surface area contributed by atoms with Gasteiger partial charge in [0.1, 0.15) is 22.6 Å². The van der Waals surface area contributed by atoms with Gasteiger partial charge in [-0.1, -0.05) is 38.4 Å². The molecule has 1 unspecified atom stereocenters. The van der Waals surface area contributed by atoms with E-state index in [4.69, 9.17) is 20.4 Å². The zero-order valence-electron chi connectivity index (χ0n) is 24.3. The highest BCUT2D eigenvalue weighted by Crippen LogP contribution is 2.36. The maximum Gasteiger partial charge on any atom is 0.196 e. The second-order valence-electron chi connectivity index (χ2n) is 11.7. The predicted octanol–water partition coefficient (Wildman–Crippen LogP) is 7.39. The smallest absolute Gasteiger partial charge is 0.196 e. The Morgan fingerprint density at radius 3 is 2.65 bits per heavy atom. The molecule has 1 N–H and O–H groups in total. The molecule has 8 nitrogen and oxygen atoms in total. The quantitative estimate of drug-likeness (QED) is 0.172. The fourth-order valence-corrected chi connectivity index (χ4v) is 5.51. The van der Waals surface area contributed by atoms with E-state index in [1.165, 1.54) is 0 Å². The molecule has 3 aromatic heterocycles. The lowest BCUT2D eigenvalue weighted by Crippen LogP contribution is -2.41. The van der Waals surface area contributed by atoms with Gasteiger partial charge in [0.2, 0.25) is 0 Å². The Kier molecular flexibility index (Phi) is 8.27. The van der Waals surface area contributed by atoms with Crippen LogP contribution in [0.25, 0.3) is 22.3 Å². The Labute approximate surface area is 241 Å². The Morgan fingerprint density at radius 1 is 1.25 bits per heavy atom. The van der Waals surface area contributed by atoms with E-state index in [1.54, 1.807) is 25.3 Å². The number of rotatable bonds is 8. The van der Waals surface area contributed by atoms with Crippen molar-refractivity contribution in [1.29, 1.82) is 5.26 Å². The van der Waals surface area contributed by atoms with Crippen LogP contribution in [0, 0.1) is 25.2 Å². The largest absolute Gasteiger partial charge is 0.455 e. The topological polar surface area (TPSA) is 106 Å². The lowest BCUT2D eigenvalue weighted by atomic mass is 9.99. The fourth-order valence-electron chi connectivity index (χ4n) is 4.33. The third kappa shape index (κ3) is 5.99. The van der Waals surface area contributed by atoms with E-state index in [-0.39, 0.29) is 27.4 Å². The van der Waals surface area contributed by atoms with Crippen molar-refractivity contribution < 1.29 is 8.84 Å². The van der Waals surface area contributed by atoms with E-state index in [0.29, 0.717) is 41.1 Å². The molecule has 210 valence electrons. The van der Waals surface area contributed by atoms with Gasteiger partial charge in [-0.3, -0.25) is 9.48 Å². The number of aryl methyl sites for hydroxylation is 1. The molecular weight excluding hydrogens is 542 g/mol. The van der Waals surface area contributed by atoms with Gasteiger partial charge < -0.3 is 14.2 Å². The zero-order chi connectivity index (χ0) is 29.4. The van der Waals surface area contributed by atoms with Crippen LogP contribution in [0.4, 0.5) is 5.69 Å². The lowest BCUT2D eigenvalue weighted by Gasteiger charge is -2.36. The van der Waals surface area contributed by atoms with E-state index in [9.17, 15) is 10.1 Å². The SMILES string of the molecule is Cc1cc(C(C)Nc2ccc(Cl)nc2C#N)c2oc(-c3cnn(CCO[Si](C)(C)C(C)(C)C)c3)c(C)c(=O)c2c1. The maximum atomic E-state index is 13.5. The van der Waals surface area contributed by atoms with E-state index >= 15 is 0 Å². The summed E-state index contributed by atoms with van der Waals surface area (Å²) in [6.07, 6.45) is 3.61. The number of anilines is 1. The summed E-state index contributed by atoms with van der Waals surface area (Å²) in [5, 5.41) is 18.2. The van der Waals surface area contributed by atoms with Crippen molar-refractivity contribution in [2.45, 2.75) is 72.3 Å². The summed E-state index contributed by atoms with van der Waals surface area (Å²) in [4.78, 5) is 17.6. The molecule has 4 aromatic rings. The molecule has 0 aliphatic carbocycles. The van der Waals surface area contributed by atoms with Crippen LogP contribution >= 0.6 is 11.6 Å². The van der Waals surface area contributed by atoms with Gasteiger partial charge in [0.05, 0.1) is 42.0 Å². The Bertz CT molecular complexity index is 1660. The third-order valence-electron chi connectivity index (χ3n) is 7.68. The van der Waals surface area contributed by atoms with E-state index in [0.717, 1.165) is 16.7 Å². The standard InChI is InChI=1S/C30H36ClN5O3Si/c1-18-13-22(20(3)34-24-9-10-26(31)35-25(24)15-32)29-23(14-18)27(37)19(2)28(39-29)21-16-33-36(17-21)11-12-38-40(7,8)30(4,5)6/h9-10,13-14,16-17,20,34H,11-12H2,1-8H3. The first kappa shape index (κ1) is 29.5. The molecule has 1 aromatic carbocycles. The van der Waals surface area contributed by atoms with E-state index in [2.05, 4.69) is 55.3 Å². The molecule has 0 saturated heterocycles. The minimum absolute atomic E-state index is 0.0896. The molecule has 0 amide bonds. The van der Waals surface area contributed by atoms with Crippen LogP contribution in [-0.4, -0.2) is 29.7 Å². The molecule has 0 radical (unpaired) electrons. The molecule has 0 spiro atoms. The molecule has 0 saturated carbocycles. The fraction of sp³-hybridized carbons (Fsp3) is 0.400. The summed E-state index contributed by atoms with van der Waals surface area (Å²) in [5.74, 6) is 0.484. The van der Waals surface area contributed by atoms with Crippen LogP contribution in [0.5, 0.6) is 0 Å². The van der Waals surface area contributed by atoms with Crippen LogP contribution in [-0.2, 0) is 11.0 Å². The number of nitrogens with zero attached hydrogens (tertiary/aromatic N) is 4. The summed E-state index contributed by atoms with van der Waals surface area (Å²) in [5.41, 5.74) is 4.12. The first-order valence-electron chi connectivity index (χ1n) is 13.3. The highest BCUT2D eigenvalue weighted by molar-refractivity contribution is 6.74. The molecule has 0 fully saturated rings. The molecular formula is C30H36ClN5O3Si. The Morgan fingerprint density at radius 2 is 1.98 bits per heavy atom. The van der Waals surface area contributed by atoms with Crippen molar-refractivity contribution in [3.05, 3.63) is 74.4 Å². The van der Waals surface area contributed by atoms with Crippen molar-refractivity contribution in [3.63, 3.8) is 0 Å². The van der Waals surface area contributed by atoms with Gasteiger partial charge in [-0.15, -0.1) is 0 Å². The van der Waals surface area contributed by atoms with E-state index < -0.39 is 8.32 Å². The predicted molar refractivity (Wildman–Crippen MR) is 162 cm³/mol. The normalized spacial score (nSPS) is 12.9. The van der Waals surface area contributed by atoms with Gasteiger partial charge >= 0.3 is 0 Å². The number of hydrogen-bond acceptors (Lipinski definition) is 7. The minimum Gasteiger partial charge on any atom is -0.455 e. The number of hydrogen-bond donors (Lipinski definition) is 1. The second-order valence-corrected chi connectivity index (χ2v) is 16.9. The van der Waals surface area contributed by atoms with E-state index in [1.807, 2.05) is 36.9 Å². The molecule has 0 aliphatic heterocycles. The number of pyridine rings is 1.